The van der Waals surface area contributed by atoms with Gasteiger partial charge in [0.25, 0.3) is 5.91 Å². The summed E-state index contributed by atoms with van der Waals surface area (Å²) >= 11 is 0. The van der Waals surface area contributed by atoms with Gasteiger partial charge in [0.05, 0.1) is 18.3 Å². The molecular formula is C27H34N4O2. The van der Waals surface area contributed by atoms with Crippen LogP contribution in [0.4, 0.5) is 0 Å². The second-order valence-electron chi connectivity index (χ2n) is 9.02. The van der Waals surface area contributed by atoms with E-state index >= 15 is 0 Å². The summed E-state index contributed by atoms with van der Waals surface area (Å²) in [6, 6.07) is 17.1. The van der Waals surface area contributed by atoms with Crippen molar-refractivity contribution in [3.05, 3.63) is 83.2 Å². The zero-order valence-corrected chi connectivity index (χ0v) is 19.7. The summed E-state index contributed by atoms with van der Waals surface area (Å²) in [5, 5.41) is 6.70. The average molecular weight is 447 g/mol. The molecule has 6 heteroatoms. The van der Waals surface area contributed by atoms with Gasteiger partial charge in [-0.25, -0.2) is 0 Å². The maximum absolute atomic E-state index is 13.1. The summed E-state index contributed by atoms with van der Waals surface area (Å²) in [5.74, 6) is 1.37. The molecule has 1 N–H and O–H groups in total. The molecule has 174 valence electrons. The number of hydrogen-bond donors (Lipinski definition) is 1. The highest BCUT2D eigenvalue weighted by atomic mass is 16.5. The van der Waals surface area contributed by atoms with E-state index in [-0.39, 0.29) is 5.91 Å². The van der Waals surface area contributed by atoms with E-state index in [1.807, 2.05) is 4.90 Å². The largest absolute Gasteiger partial charge is 0.491 e. The van der Waals surface area contributed by atoms with Crippen LogP contribution in [0.1, 0.15) is 52.2 Å². The number of nitrogens with one attached hydrogen (secondary N) is 1. The van der Waals surface area contributed by atoms with Crippen molar-refractivity contribution in [2.75, 3.05) is 33.3 Å². The highest BCUT2D eigenvalue weighted by molar-refractivity contribution is 5.93. The molecule has 0 saturated carbocycles. The number of aryl methyl sites for hydroxylation is 1. The lowest BCUT2D eigenvalue weighted by Crippen LogP contribution is -2.35. The number of nitrogens with zero attached hydrogens (tertiary/aromatic N) is 3. The summed E-state index contributed by atoms with van der Waals surface area (Å²) < 4.78 is 6.18. The summed E-state index contributed by atoms with van der Waals surface area (Å²) in [6.45, 7) is 5.67. The zero-order chi connectivity index (χ0) is 23.0. The van der Waals surface area contributed by atoms with E-state index in [1.165, 1.54) is 16.7 Å². The van der Waals surface area contributed by atoms with E-state index in [9.17, 15) is 4.79 Å². The summed E-state index contributed by atoms with van der Waals surface area (Å²) in [6.07, 6.45) is 6.33. The van der Waals surface area contributed by atoms with Crippen molar-refractivity contribution in [1.29, 1.82) is 0 Å². The minimum Gasteiger partial charge on any atom is -0.491 e. The Labute approximate surface area is 196 Å². The number of H-pyrrole nitrogens is 1. The van der Waals surface area contributed by atoms with Crippen molar-refractivity contribution in [2.24, 2.45) is 0 Å². The first-order chi connectivity index (χ1) is 16.1. The van der Waals surface area contributed by atoms with Gasteiger partial charge in [0.1, 0.15) is 12.4 Å². The fourth-order valence-corrected chi connectivity index (χ4v) is 4.58. The van der Waals surface area contributed by atoms with Crippen LogP contribution in [-0.2, 0) is 6.54 Å². The molecule has 0 spiro atoms. The number of aromatic nitrogens is 2. The van der Waals surface area contributed by atoms with Gasteiger partial charge in [-0.3, -0.25) is 9.89 Å². The lowest BCUT2D eigenvalue weighted by atomic mass is 9.91. The summed E-state index contributed by atoms with van der Waals surface area (Å²) in [4.78, 5) is 17.4. The molecule has 1 unspecified atom stereocenters. The number of rotatable bonds is 2. The maximum Gasteiger partial charge on any atom is 0.257 e. The second kappa shape index (κ2) is 11.1. The van der Waals surface area contributed by atoms with Crippen molar-refractivity contribution in [2.45, 2.75) is 38.6 Å². The Morgan fingerprint density at radius 2 is 1.94 bits per heavy atom. The van der Waals surface area contributed by atoms with Crippen LogP contribution >= 0.6 is 0 Å². The molecule has 1 aliphatic rings. The van der Waals surface area contributed by atoms with Gasteiger partial charge in [-0.05, 0) is 57.3 Å². The van der Waals surface area contributed by atoms with Crippen molar-refractivity contribution in [3.63, 3.8) is 0 Å². The minimum atomic E-state index is -0.000400. The Morgan fingerprint density at radius 3 is 2.73 bits per heavy atom. The van der Waals surface area contributed by atoms with Gasteiger partial charge >= 0.3 is 0 Å². The molecule has 0 radical (unpaired) electrons. The third-order valence-electron chi connectivity index (χ3n) is 6.42. The number of fused-ring (bicyclic) bond motifs is 1. The van der Waals surface area contributed by atoms with Crippen molar-refractivity contribution < 1.29 is 9.53 Å². The summed E-state index contributed by atoms with van der Waals surface area (Å²) in [7, 11) is 2.19. The van der Waals surface area contributed by atoms with Crippen LogP contribution in [0.15, 0.2) is 60.9 Å². The fraction of sp³-hybridized carbons (Fsp3) is 0.407. The lowest BCUT2D eigenvalue weighted by Gasteiger charge is -2.27. The van der Waals surface area contributed by atoms with E-state index in [4.69, 9.17) is 4.74 Å². The van der Waals surface area contributed by atoms with E-state index in [2.05, 4.69) is 77.6 Å². The Bertz CT molecular complexity index is 1020. The molecular weight excluding hydrogens is 412 g/mol. The first-order valence-electron chi connectivity index (χ1n) is 11.8. The molecule has 0 fully saturated rings. The Balaban J connectivity index is 1.57. The van der Waals surface area contributed by atoms with Crippen molar-refractivity contribution in [3.8, 4) is 5.75 Å². The number of aromatic amines is 1. The zero-order valence-electron chi connectivity index (χ0n) is 19.7. The fourth-order valence-electron chi connectivity index (χ4n) is 4.58. The van der Waals surface area contributed by atoms with Crippen molar-refractivity contribution >= 4 is 5.91 Å². The lowest BCUT2D eigenvalue weighted by molar-refractivity contribution is 0.0724. The number of carbonyl (C=O) groups is 1. The molecule has 2 heterocycles. The molecule has 6 nitrogen and oxygen atoms in total. The first kappa shape index (κ1) is 23.1. The molecule has 1 atom stereocenters. The molecule has 2 aromatic carbocycles. The maximum atomic E-state index is 13.1. The molecule has 1 amide bonds. The third kappa shape index (κ3) is 6.23. The minimum absolute atomic E-state index is 0.000400. The average Bonchev–Trinajstić information content (AvgIpc) is 3.36. The van der Waals surface area contributed by atoms with Crippen LogP contribution in [-0.4, -0.2) is 59.2 Å². The summed E-state index contributed by atoms with van der Waals surface area (Å²) in [5.41, 5.74) is 4.39. The molecule has 0 aliphatic carbocycles. The SMILES string of the molecule is Cc1ccc2c(c1)CN(C)CCC(c1ccccc1)CCCN(C(=O)c1cn[nH]c1)CCO2. The Kier molecular flexibility index (Phi) is 7.79. The predicted molar refractivity (Wildman–Crippen MR) is 131 cm³/mol. The Morgan fingerprint density at radius 1 is 1.09 bits per heavy atom. The smallest absolute Gasteiger partial charge is 0.257 e. The van der Waals surface area contributed by atoms with Crippen LogP contribution < -0.4 is 4.74 Å². The number of benzene rings is 2. The van der Waals surface area contributed by atoms with Gasteiger partial charge in [0, 0.05) is 24.8 Å². The molecule has 0 saturated heterocycles. The van der Waals surface area contributed by atoms with E-state index in [1.54, 1.807) is 12.4 Å². The molecule has 0 bridgehead atoms. The number of ether oxygens (including phenoxy) is 1. The number of hydrogen-bond acceptors (Lipinski definition) is 4. The molecule has 33 heavy (non-hydrogen) atoms. The third-order valence-corrected chi connectivity index (χ3v) is 6.42. The standard InChI is InChI=1S/C27H34N4O2/c1-21-10-11-26-24(17-21)20-30(2)14-12-23(22-7-4-3-5-8-22)9-6-13-31(15-16-33-26)27(32)25-18-28-29-19-25/h3-5,7-8,10-11,17-19,23H,6,9,12-16,20H2,1-2H3,(H,28,29). The van der Waals surface area contributed by atoms with Gasteiger partial charge < -0.3 is 14.5 Å². The highest BCUT2D eigenvalue weighted by Gasteiger charge is 2.20. The Hall–Kier alpha value is -3.12. The first-order valence-corrected chi connectivity index (χ1v) is 11.8. The van der Waals surface area contributed by atoms with E-state index < -0.39 is 0 Å². The van der Waals surface area contributed by atoms with Crippen molar-refractivity contribution in [1.82, 2.24) is 20.0 Å². The van der Waals surface area contributed by atoms with Crippen LogP contribution in [0.2, 0.25) is 0 Å². The predicted octanol–water partition coefficient (Wildman–Crippen LogP) is 4.64. The van der Waals surface area contributed by atoms with Crippen LogP contribution in [0, 0.1) is 6.92 Å². The molecule has 3 aromatic rings. The van der Waals surface area contributed by atoms with Gasteiger partial charge in [0.2, 0.25) is 0 Å². The topological polar surface area (TPSA) is 61.5 Å². The molecule has 4 rings (SSSR count). The van der Waals surface area contributed by atoms with E-state index in [0.29, 0.717) is 31.2 Å². The monoisotopic (exact) mass is 446 g/mol. The molecule has 1 aromatic heterocycles. The molecule has 1 aliphatic heterocycles. The van der Waals surface area contributed by atoms with Gasteiger partial charge in [0.15, 0.2) is 0 Å². The van der Waals surface area contributed by atoms with Gasteiger partial charge in [-0.2, -0.15) is 5.10 Å². The van der Waals surface area contributed by atoms with Gasteiger partial charge in [-0.15, -0.1) is 0 Å². The second-order valence-corrected chi connectivity index (χ2v) is 9.02. The normalized spacial score (nSPS) is 18.7. The quantitative estimate of drug-likeness (QED) is 0.623. The number of carbonyl (C=O) groups excluding carboxylic acids is 1. The van der Waals surface area contributed by atoms with Crippen LogP contribution in [0.25, 0.3) is 0 Å². The van der Waals surface area contributed by atoms with Gasteiger partial charge in [-0.1, -0.05) is 48.0 Å². The number of amides is 1. The highest BCUT2D eigenvalue weighted by Crippen LogP contribution is 2.27. The van der Waals surface area contributed by atoms with Crippen LogP contribution in [0.5, 0.6) is 5.75 Å². The van der Waals surface area contributed by atoms with E-state index in [0.717, 1.165) is 38.1 Å². The van der Waals surface area contributed by atoms with Crippen LogP contribution in [0.3, 0.4) is 0 Å².